The van der Waals surface area contributed by atoms with Crippen molar-refractivity contribution in [3.05, 3.63) is 90.1 Å². The van der Waals surface area contributed by atoms with Gasteiger partial charge in [0.05, 0.1) is 11.6 Å². The topological polar surface area (TPSA) is 75.6 Å². The van der Waals surface area contributed by atoms with Crippen LogP contribution in [0, 0.1) is 11.3 Å². The predicted molar refractivity (Wildman–Crippen MR) is 105 cm³/mol. The van der Waals surface area contributed by atoms with E-state index in [1.165, 1.54) is 0 Å². The maximum atomic E-state index is 9.27. The fraction of sp³-hybridized carbons (Fsp3) is 0.0476. The van der Waals surface area contributed by atoms with Gasteiger partial charge in [0, 0.05) is 18.0 Å². The molecule has 2 aromatic heterocycles. The average Bonchev–Trinajstić information content (AvgIpc) is 3.24. The van der Waals surface area contributed by atoms with Crippen LogP contribution in [0.4, 0.5) is 0 Å². The lowest BCUT2D eigenvalue weighted by Gasteiger charge is -2.09. The van der Waals surface area contributed by atoms with Crippen LogP contribution in [-0.2, 0) is 0 Å². The summed E-state index contributed by atoms with van der Waals surface area (Å²) in [6, 6.07) is 21.2. The molecule has 0 radical (unpaired) electrons. The van der Waals surface area contributed by atoms with Crippen LogP contribution in [-0.4, -0.2) is 15.2 Å². The van der Waals surface area contributed by atoms with E-state index >= 15 is 0 Å². The van der Waals surface area contributed by atoms with E-state index in [9.17, 15) is 5.26 Å². The van der Waals surface area contributed by atoms with Gasteiger partial charge in [-0.25, -0.2) is 0 Å². The van der Waals surface area contributed by atoms with Gasteiger partial charge in [0.2, 0.25) is 11.8 Å². The first-order chi connectivity index (χ1) is 13.3. The molecule has 5 nitrogen and oxygen atoms in total. The molecule has 0 fully saturated rings. The van der Waals surface area contributed by atoms with Gasteiger partial charge in [-0.3, -0.25) is 4.98 Å². The van der Waals surface area contributed by atoms with Gasteiger partial charge in [-0.1, -0.05) is 42.5 Å². The predicted octanol–water partition coefficient (Wildman–Crippen LogP) is 4.69. The summed E-state index contributed by atoms with van der Waals surface area (Å²) in [5.41, 5.74) is 4.26. The molecule has 0 N–H and O–H groups in total. The third kappa shape index (κ3) is 3.46. The largest absolute Gasteiger partial charge is 0.419 e. The van der Waals surface area contributed by atoms with Crippen molar-refractivity contribution in [2.45, 2.75) is 5.25 Å². The monoisotopic (exact) mass is 370 g/mol. The van der Waals surface area contributed by atoms with E-state index in [2.05, 4.69) is 33.9 Å². The van der Waals surface area contributed by atoms with Crippen LogP contribution < -0.4 is 0 Å². The lowest BCUT2D eigenvalue weighted by Crippen LogP contribution is -1.94. The Morgan fingerprint density at radius 2 is 1.63 bits per heavy atom. The van der Waals surface area contributed by atoms with Crippen LogP contribution in [0.5, 0.6) is 0 Å². The fourth-order valence-corrected chi connectivity index (χ4v) is 3.05. The van der Waals surface area contributed by atoms with E-state index in [1.807, 2.05) is 60.7 Å². The van der Waals surface area contributed by atoms with Crippen molar-refractivity contribution in [2.75, 3.05) is 0 Å². The fourth-order valence-electron chi connectivity index (χ4n) is 2.78. The Morgan fingerprint density at radius 3 is 2.37 bits per heavy atom. The maximum absolute atomic E-state index is 9.27. The lowest BCUT2D eigenvalue weighted by molar-refractivity contribution is 0.515. The van der Waals surface area contributed by atoms with Crippen LogP contribution in [0.1, 0.15) is 22.3 Å². The Balaban J connectivity index is 1.59. The van der Waals surface area contributed by atoms with E-state index in [1.54, 1.807) is 12.4 Å². The van der Waals surface area contributed by atoms with Crippen molar-refractivity contribution < 1.29 is 4.42 Å². The standard InChI is InChI=1S/C21H14N4OS/c22-13-17-3-1-2-4-18(17)14-5-7-15(8-6-14)19(27)21-25-24-20(26-21)16-9-11-23-12-10-16/h1-12,19,27H. The number of thiol groups is 1. The summed E-state index contributed by atoms with van der Waals surface area (Å²) in [4.78, 5) is 3.98. The van der Waals surface area contributed by atoms with E-state index in [-0.39, 0.29) is 5.25 Å². The minimum absolute atomic E-state index is 0.339. The highest BCUT2D eigenvalue weighted by atomic mass is 32.1. The number of nitriles is 1. The molecule has 0 spiro atoms. The molecule has 27 heavy (non-hydrogen) atoms. The highest BCUT2D eigenvalue weighted by Gasteiger charge is 2.18. The average molecular weight is 370 g/mol. The summed E-state index contributed by atoms with van der Waals surface area (Å²) in [5.74, 6) is 0.862. The normalized spacial score (nSPS) is 11.7. The van der Waals surface area contributed by atoms with Crippen molar-refractivity contribution in [3.63, 3.8) is 0 Å². The molecule has 1 unspecified atom stereocenters. The Kier molecular flexibility index (Phi) is 4.69. The number of pyridine rings is 1. The quantitative estimate of drug-likeness (QED) is 0.528. The van der Waals surface area contributed by atoms with E-state index in [4.69, 9.17) is 4.42 Å². The molecule has 2 aromatic carbocycles. The minimum atomic E-state index is -0.339. The van der Waals surface area contributed by atoms with Crippen molar-refractivity contribution in [2.24, 2.45) is 0 Å². The van der Waals surface area contributed by atoms with E-state index in [0.717, 1.165) is 22.3 Å². The molecular weight excluding hydrogens is 356 g/mol. The van der Waals surface area contributed by atoms with Crippen molar-refractivity contribution in [1.82, 2.24) is 15.2 Å². The van der Waals surface area contributed by atoms with Gasteiger partial charge < -0.3 is 4.42 Å². The van der Waals surface area contributed by atoms with Crippen molar-refractivity contribution in [3.8, 4) is 28.7 Å². The van der Waals surface area contributed by atoms with Crippen LogP contribution in [0.3, 0.4) is 0 Å². The Morgan fingerprint density at radius 1 is 0.889 bits per heavy atom. The first kappa shape index (κ1) is 17.0. The van der Waals surface area contributed by atoms with Gasteiger partial charge in [-0.2, -0.15) is 17.9 Å². The van der Waals surface area contributed by atoms with E-state index < -0.39 is 0 Å². The highest BCUT2D eigenvalue weighted by Crippen LogP contribution is 2.31. The van der Waals surface area contributed by atoms with Gasteiger partial charge in [-0.05, 0) is 34.9 Å². The van der Waals surface area contributed by atoms with Gasteiger partial charge in [0.25, 0.3) is 0 Å². The molecule has 130 valence electrons. The van der Waals surface area contributed by atoms with Crippen molar-refractivity contribution >= 4 is 12.6 Å². The molecule has 1 atom stereocenters. The smallest absolute Gasteiger partial charge is 0.247 e. The molecule has 2 heterocycles. The Labute approximate surface area is 161 Å². The molecule has 0 saturated carbocycles. The second-order valence-electron chi connectivity index (χ2n) is 5.86. The molecule has 4 rings (SSSR count). The Hall–Kier alpha value is -3.43. The van der Waals surface area contributed by atoms with Crippen LogP contribution >= 0.6 is 12.6 Å². The van der Waals surface area contributed by atoms with Crippen LogP contribution in [0.25, 0.3) is 22.6 Å². The molecular formula is C21H14N4OS. The van der Waals surface area contributed by atoms with Crippen LogP contribution in [0.2, 0.25) is 0 Å². The molecule has 0 bridgehead atoms. The summed E-state index contributed by atoms with van der Waals surface area (Å²) in [6.07, 6.45) is 3.35. The zero-order valence-electron chi connectivity index (χ0n) is 14.1. The third-order valence-corrected chi connectivity index (χ3v) is 4.71. The summed E-state index contributed by atoms with van der Waals surface area (Å²) in [7, 11) is 0. The first-order valence-corrected chi connectivity index (χ1v) is 8.79. The maximum Gasteiger partial charge on any atom is 0.247 e. The minimum Gasteiger partial charge on any atom is -0.419 e. The van der Waals surface area contributed by atoms with Gasteiger partial charge in [-0.15, -0.1) is 10.2 Å². The number of hydrogen-bond acceptors (Lipinski definition) is 6. The number of aromatic nitrogens is 3. The summed E-state index contributed by atoms with van der Waals surface area (Å²) >= 11 is 4.63. The molecule has 0 aliphatic carbocycles. The molecule has 0 amide bonds. The lowest BCUT2D eigenvalue weighted by atomic mass is 9.99. The molecule has 0 aliphatic rings. The van der Waals surface area contributed by atoms with E-state index in [0.29, 0.717) is 17.3 Å². The summed E-state index contributed by atoms with van der Waals surface area (Å²) in [5, 5.41) is 17.1. The zero-order chi connectivity index (χ0) is 18.6. The number of nitrogens with zero attached hydrogens (tertiary/aromatic N) is 4. The van der Waals surface area contributed by atoms with Gasteiger partial charge in [0.15, 0.2) is 0 Å². The summed E-state index contributed by atoms with van der Waals surface area (Å²) in [6.45, 7) is 0. The van der Waals surface area contributed by atoms with Crippen molar-refractivity contribution in [1.29, 1.82) is 5.26 Å². The summed E-state index contributed by atoms with van der Waals surface area (Å²) < 4.78 is 5.77. The molecule has 4 aromatic rings. The number of rotatable bonds is 4. The molecule has 0 saturated heterocycles. The second kappa shape index (κ2) is 7.44. The highest BCUT2D eigenvalue weighted by molar-refractivity contribution is 7.80. The SMILES string of the molecule is N#Cc1ccccc1-c1ccc(C(S)c2nnc(-c3ccncc3)o2)cc1. The molecule has 0 aliphatic heterocycles. The van der Waals surface area contributed by atoms with Crippen LogP contribution in [0.15, 0.2) is 77.5 Å². The second-order valence-corrected chi connectivity index (χ2v) is 6.38. The number of hydrogen-bond donors (Lipinski definition) is 1. The Bertz CT molecular complexity index is 1100. The molecule has 6 heteroatoms. The van der Waals surface area contributed by atoms with Gasteiger partial charge in [0.1, 0.15) is 5.25 Å². The third-order valence-electron chi connectivity index (χ3n) is 4.19. The number of benzene rings is 2. The van der Waals surface area contributed by atoms with Gasteiger partial charge >= 0.3 is 0 Å². The first-order valence-electron chi connectivity index (χ1n) is 8.27. The zero-order valence-corrected chi connectivity index (χ0v) is 15.0.